The normalized spacial score (nSPS) is 22.0. The van der Waals surface area contributed by atoms with E-state index in [9.17, 15) is 4.79 Å². The van der Waals surface area contributed by atoms with Gasteiger partial charge in [0.15, 0.2) is 6.29 Å². The van der Waals surface area contributed by atoms with Crippen LogP contribution in [0.5, 0.6) is 0 Å². The molecule has 0 aromatic carbocycles. The van der Waals surface area contributed by atoms with Crippen molar-refractivity contribution in [3.05, 3.63) is 18.0 Å². The Kier molecular flexibility index (Phi) is 1.76. The van der Waals surface area contributed by atoms with E-state index in [2.05, 4.69) is 14.9 Å². The molecule has 1 spiro atoms. The monoisotopic (exact) mass is 205 g/mol. The third kappa shape index (κ3) is 1.31. The maximum Gasteiger partial charge on any atom is 0.225 e. The molecule has 0 bridgehead atoms. The van der Waals surface area contributed by atoms with Gasteiger partial charge in [-0.05, 0) is 0 Å². The Morgan fingerprint density at radius 1 is 1.33 bits per heavy atom. The molecule has 0 aliphatic carbocycles. The van der Waals surface area contributed by atoms with Crippen molar-refractivity contribution in [2.45, 2.75) is 0 Å². The van der Waals surface area contributed by atoms with Crippen molar-refractivity contribution >= 4 is 12.2 Å². The lowest BCUT2D eigenvalue weighted by Gasteiger charge is -2.54. The molecule has 5 heteroatoms. The molecule has 78 valence electrons. The van der Waals surface area contributed by atoms with Gasteiger partial charge in [0, 0.05) is 25.5 Å². The fourth-order valence-electron chi connectivity index (χ4n) is 2.03. The predicted octanol–water partition coefficient (Wildman–Crippen LogP) is 0.126. The van der Waals surface area contributed by atoms with Crippen LogP contribution >= 0.6 is 0 Å². The summed E-state index contributed by atoms with van der Waals surface area (Å²) in [6.07, 6.45) is 3.86. The molecule has 0 saturated carbocycles. The zero-order valence-corrected chi connectivity index (χ0v) is 8.22. The first-order valence-electron chi connectivity index (χ1n) is 4.91. The highest BCUT2D eigenvalue weighted by atomic mass is 16.5. The number of rotatable bonds is 2. The third-order valence-electron chi connectivity index (χ3n) is 2.95. The van der Waals surface area contributed by atoms with Gasteiger partial charge in [0.1, 0.15) is 0 Å². The molecule has 2 aliphatic rings. The lowest BCUT2D eigenvalue weighted by molar-refractivity contribution is -0.127. The second-order valence-corrected chi connectivity index (χ2v) is 4.28. The van der Waals surface area contributed by atoms with Gasteiger partial charge in [-0.3, -0.25) is 4.79 Å². The molecule has 1 aromatic rings. The Labute approximate surface area is 87.1 Å². The summed E-state index contributed by atoms with van der Waals surface area (Å²) in [6.45, 7) is 3.65. The minimum Gasteiger partial charge on any atom is -0.380 e. The maximum absolute atomic E-state index is 10.4. The highest BCUT2D eigenvalue weighted by Gasteiger charge is 2.49. The van der Waals surface area contributed by atoms with Gasteiger partial charge in [0.05, 0.1) is 24.2 Å². The van der Waals surface area contributed by atoms with E-state index >= 15 is 0 Å². The molecule has 2 fully saturated rings. The molecular weight excluding hydrogens is 194 g/mol. The van der Waals surface area contributed by atoms with Crippen LogP contribution in [0.1, 0.15) is 10.4 Å². The van der Waals surface area contributed by atoms with Crippen LogP contribution < -0.4 is 4.90 Å². The van der Waals surface area contributed by atoms with Crippen molar-refractivity contribution in [3.8, 4) is 0 Å². The van der Waals surface area contributed by atoms with E-state index in [4.69, 9.17) is 4.74 Å². The lowest BCUT2D eigenvalue weighted by Crippen LogP contribution is -2.66. The highest BCUT2D eigenvalue weighted by Crippen LogP contribution is 2.38. The van der Waals surface area contributed by atoms with Crippen LogP contribution in [-0.2, 0) is 4.74 Å². The van der Waals surface area contributed by atoms with Gasteiger partial charge in [-0.15, -0.1) is 0 Å². The molecule has 0 N–H and O–H groups in total. The number of hydrogen-bond donors (Lipinski definition) is 0. The summed E-state index contributed by atoms with van der Waals surface area (Å²) in [7, 11) is 0. The predicted molar refractivity (Wildman–Crippen MR) is 52.9 cm³/mol. The van der Waals surface area contributed by atoms with Crippen molar-refractivity contribution in [1.82, 2.24) is 9.97 Å². The minimum atomic E-state index is 0.368. The van der Waals surface area contributed by atoms with Crippen molar-refractivity contribution < 1.29 is 9.53 Å². The number of nitrogens with zero attached hydrogens (tertiary/aromatic N) is 3. The summed E-state index contributed by atoms with van der Waals surface area (Å²) in [5.41, 5.74) is 0.883. The van der Waals surface area contributed by atoms with Gasteiger partial charge >= 0.3 is 0 Å². The number of carbonyl (C=O) groups excluding carboxylic acids is 1. The Morgan fingerprint density at radius 2 is 2.00 bits per heavy atom. The molecule has 5 nitrogen and oxygen atoms in total. The molecule has 3 rings (SSSR count). The number of aromatic nitrogens is 2. The van der Waals surface area contributed by atoms with Gasteiger partial charge in [-0.2, -0.15) is 0 Å². The molecule has 2 aliphatic heterocycles. The van der Waals surface area contributed by atoms with Crippen LogP contribution in [0.4, 0.5) is 5.95 Å². The smallest absolute Gasteiger partial charge is 0.225 e. The number of aldehydes is 1. The molecule has 0 unspecified atom stereocenters. The van der Waals surface area contributed by atoms with Gasteiger partial charge in [0.2, 0.25) is 5.95 Å². The number of hydrogen-bond acceptors (Lipinski definition) is 5. The van der Waals surface area contributed by atoms with E-state index in [1.165, 1.54) is 0 Å². The summed E-state index contributed by atoms with van der Waals surface area (Å²) in [5, 5.41) is 0. The maximum atomic E-state index is 10.4. The number of carbonyl (C=O) groups is 1. The molecule has 15 heavy (non-hydrogen) atoms. The quantitative estimate of drug-likeness (QED) is 0.642. The second-order valence-electron chi connectivity index (χ2n) is 4.28. The van der Waals surface area contributed by atoms with Crippen LogP contribution in [0.2, 0.25) is 0 Å². The topological polar surface area (TPSA) is 55.3 Å². The average Bonchev–Trinajstić information content (AvgIpc) is 2.14. The first-order valence-corrected chi connectivity index (χ1v) is 4.91. The van der Waals surface area contributed by atoms with Gasteiger partial charge in [-0.1, -0.05) is 0 Å². The largest absolute Gasteiger partial charge is 0.380 e. The first-order chi connectivity index (χ1) is 7.31. The zero-order chi connectivity index (χ0) is 10.3. The van der Waals surface area contributed by atoms with Crippen molar-refractivity contribution in [2.75, 3.05) is 31.2 Å². The summed E-state index contributed by atoms with van der Waals surface area (Å²) >= 11 is 0. The van der Waals surface area contributed by atoms with Crippen LogP contribution in [0, 0.1) is 5.41 Å². The first kappa shape index (κ1) is 8.79. The second kappa shape index (κ2) is 3.00. The Balaban J connectivity index is 1.70. The molecule has 0 atom stereocenters. The van der Waals surface area contributed by atoms with Crippen LogP contribution in [0.25, 0.3) is 0 Å². The van der Waals surface area contributed by atoms with Crippen LogP contribution in [0.15, 0.2) is 12.4 Å². The Bertz CT molecular complexity index is 378. The molecule has 0 amide bonds. The Morgan fingerprint density at radius 3 is 2.47 bits per heavy atom. The SMILES string of the molecule is O=Cc1cnc(N2CC3(COC3)C2)nc1. The van der Waals surface area contributed by atoms with Crippen LogP contribution in [0.3, 0.4) is 0 Å². The van der Waals surface area contributed by atoms with E-state index in [0.29, 0.717) is 16.9 Å². The van der Waals surface area contributed by atoms with Gasteiger partial charge < -0.3 is 9.64 Å². The van der Waals surface area contributed by atoms with Crippen molar-refractivity contribution in [3.63, 3.8) is 0 Å². The minimum absolute atomic E-state index is 0.368. The molecular formula is C10H11N3O2. The van der Waals surface area contributed by atoms with Crippen LogP contribution in [-0.4, -0.2) is 42.6 Å². The van der Waals surface area contributed by atoms with E-state index in [-0.39, 0.29) is 0 Å². The fraction of sp³-hybridized carbons (Fsp3) is 0.500. The summed E-state index contributed by atoms with van der Waals surface area (Å²) in [4.78, 5) is 20.8. The fourth-order valence-corrected chi connectivity index (χ4v) is 2.03. The zero-order valence-electron chi connectivity index (χ0n) is 8.22. The Hall–Kier alpha value is -1.49. The van der Waals surface area contributed by atoms with E-state index in [1.54, 1.807) is 12.4 Å². The number of anilines is 1. The van der Waals surface area contributed by atoms with E-state index in [0.717, 1.165) is 32.6 Å². The number of ether oxygens (including phenoxy) is 1. The average molecular weight is 205 g/mol. The molecule has 3 heterocycles. The summed E-state index contributed by atoms with van der Waals surface area (Å²) < 4.78 is 5.19. The molecule has 2 saturated heterocycles. The van der Waals surface area contributed by atoms with E-state index in [1.807, 2.05) is 0 Å². The molecule has 1 aromatic heterocycles. The summed E-state index contributed by atoms with van der Waals surface area (Å²) in [6, 6.07) is 0. The summed E-state index contributed by atoms with van der Waals surface area (Å²) in [5.74, 6) is 0.707. The van der Waals surface area contributed by atoms with Crippen molar-refractivity contribution in [2.24, 2.45) is 5.41 Å². The van der Waals surface area contributed by atoms with E-state index < -0.39 is 0 Å². The lowest BCUT2D eigenvalue weighted by atomic mass is 9.78. The molecule has 0 radical (unpaired) electrons. The van der Waals surface area contributed by atoms with Gasteiger partial charge in [-0.25, -0.2) is 9.97 Å². The highest BCUT2D eigenvalue weighted by molar-refractivity contribution is 5.73. The van der Waals surface area contributed by atoms with Gasteiger partial charge in [0.25, 0.3) is 0 Å². The van der Waals surface area contributed by atoms with Crippen molar-refractivity contribution in [1.29, 1.82) is 0 Å². The standard InChI is InChI=1S/C10H11N3O2/c14-3-8-1-11-9(12-2-8)13-4-10(5-13)6-15-7-10/h1-3H,4-7H2. The third-order valence-corrected chi connectivity index (χ3v) is 2.95.